The lowest BCUT2D eigenvalue weighted by Crippen LogP contribution is -2.33. The van der Waals surface area contributed by atoms with Crippen molar-refractivity contribution in [3.8, 4) is 11.5 Å². The molecule has 0 bridgehead atoms. The first-order valence-electron chi connectivity index (χ1n) is 7.46. The van der Waals surface area contributed by atoms with E-state index in [9.17, 15) is 0 Å². The maximum absolute atomic E-state index is 5.87. The number of nitrogens with two attached hydrogens (primary N) is 1. The van der Waals surface area contributed by atoms with Crippen molar-refractivity contribution < 1.29 is 14.2 Å². The average molecular weight is 333 g/mol. The van der Waals surface area contributed by atoms with Crippen molar-refractivity contribution in [3.05, 3.63) is 30.5 Å². The maximum atomic E-state index is 5.87. The summed E-state index contributed by atoms with van der Waals surface area (Å²) in [6.07, 6.45) is 1.67. The molecule has 0 saturated carbocycles. The van der Waals surface area contributed by atoms with Gasteiger partial charge < -0.3 is 30.6 Å². The van der Waals surface area contributed by atoms with Crippen LogP contribution in [0.3, 0.4) is 0 Å². The van der Waals surface area contributed by atoms with Crippen molar-refractivity contribution >= 4 is 17.5 Å². The quantitative estimate of drug-likeness (QED) is 0.636. The first-order valence-corrected chi connectivity index (χ1v) is 7.46. The SMILES string of the molecule is COCC(N)CNc1nccc(Nc2ccc(OC)c(OC)c2)n1. The van der Waals surface area contributed by atoms with Crippen LogP contribution in [0.4, 0.5) is 17.5 Å². The van der Waals surface area contributed by atoms with Gasteiger partial charge in [-0.1, -0.05) is 0 Å². The smallest absolute Gasteiger partial charge is 0.224 e. The number of benzene rings is 1. The number of hydrogen-bond donors (Lipinski definition) is 3. The summed E-state index contributed by atoms with van der Waals surface area (Å²) in [5.41, 5.74) is 6.70. The van der Waals surface area contributed by atoms with Crippen LogP contribution in [0.1, 0.15) is 0 Å². The van der Waals surface area contributed by atoms with Crippen LogP contribution in [-0.2, 0) is 4.74 Å². The second-order valence-electron chi connectivity index (χ2n) is 5.06. The fraction of sp³-hybridized carbons (Fsp3) is 0.375. The van der Waals surface area contributed by atoms with E-state index in [2.05, 4.69) is 20.6 Å². The third-order valence-electron chi connectivity index (χ3n) is 3.21. The van der Waals surface area contributed by atoms with Gasteiger partial charge in [0.15, 0.2) is 11.5 Å². The van der Waals surface area contributed by atoms with Gasteiger partial charge in [0.25, 0.3) is 0 Å². The first-order chi connectivity index (χ1) is 11.7. The second-order valence-corrected chi connectivity index (χ2v) is 5.06. The van der Waals surface area contributed by atoms with Gasteiger partial charge >= 0.3 is 0 Å². The normalized spacial score (nSPS) is 11.7. The van der Waals surface area contributed by atoms with Crippen LogP contribution in [0.2, 0.25) is 0 Å². The number of nitrogens with one attached hydrogen (secondary N) is 2. The standard InChI is InChI=1S/C16H23N5O3/c1-22-10-11(17)9-19-16-18-7-6-15(21-16)20-12-4-5-13(23-2)14(8-12)24-3/h4-8,11H,9-10,17H2,1-3H3,(H2,18,19,20,21). The lowest BCUT2D eigenvalue weighted by molar-refractivity contribution is 0.183. The minimum absolute atomic E-state index is 0.124. The van der Waals surface area contributed by atoms with Crippen molar-refractivity contribution in [2.24, 2.45) is 5.73 Å². The second kappa shape index (κ2) is 8.90. The Balaban J connectivity index is 2.04. The number of nitrogens with zero attached hydrogens (tertiary/aromatic N) is 2. The monoisotopic (exact) mass is 333 g/mol. The number of rotatable bonds is 9. The number of anilines is 3. The van der Waals surface area contributed by atoms with Gasteiger partial charge in [0.1, 0.15) is 5.82 Å². The van der Waals surface area contributed by atoms with Crippen LogP contribution in [0.5, 0.6) is 11.5 Å². The van der Waals surface area contributed by atoms with Crippen LogP contribution in [0, 0.1) is 0 Å². The van der Waals surface area contributed by atoms with Crippen LogP contribution < -0.4 is 25.8 Å². The zero-order valence-corrected chi connectivity index (χ0v) is 14.1. The maximum Gasteiger partial charge on any atom is 0.224 e. The minimum Gasteiger partial charge on any atom is -0.493 e. The first kappa shape index (κ1) is 17.8. The highest BCUT2D eigenvalue weighted by atomic mass is 16.5. The Morgan fingerprint density at radius 2 is 1.92 bits per heavy atom. The Kier molecular flexibility index (Phi) is 6.59. The van der Waals surface area contributed by atoms with Gasteiger partial charge in [0.2, 0.25) is 5.95 Å². The molecule has 8 heteroatoms. The highest BCUT2D eigenvalue weighted by molar-refractivity contribution is 5.61. The third kappa shape index (κ3) is 4.97. The molecule has 1 atom stereocenters. The highest BCUT2D eigenvalue weighted by Gasteiger charge is 2.07. The third-order valence-corrected chi connectivity index (χ3v) is 3.21. The summed E-state index contributed by atoms with van der Waals surface area (Å²) >= 11 is 0. The van der Waals surface area contributed by atoms with Crippen molar-refractivity contribution in [2.75, 3.05) is 45.1 Å². The Bertz CT molecular complexity index is 653. The average Bonchev–Trinajstić information content (AvgIpc) is 2.60. The van der Waals surface area contributed by atoms with Gasteiger partial charge in [-0.15, -0.1) is 0 Å². The topological polar surface area (TPSA) is 104 Å². The molecule has 2 aromatic rings. The molecule has 1 aromatic heterocycles. The van der Waals surface area contributed by atoms with Crippen LogP contribution in [-0.4, -0.2) is 50.5 Å². The van der Waals surface area contributed by atoms with Crippen LogP contribution in [0.15, 0.2) is 30.5 Å². The van der Waals surface area contributed by atoms with Crippen molar-refractivity contribution in [1.82, 2.24) is 9.97 Å². The van der Waals surface area contributed by atoms with E-state index < -0.39 is 0 Å². The van der Waals surface area contributed by atoms with Gasteiger partial charge in [-0.2, -0.15) is 4.98 Å². The molecule has 0 aliphatic rings. The summed E-state index contributed by atoms with van der Waals surface area (Å²) in [6.45, 7) is 0.990. The van der Waals surface area contributed by atoms with E-state index in [1.165, 1.54) is 0 Å². The van der Waals surface area contributed by atoms with Gasteiger partial charge in [0, 0.05) is 37.6 Å². The zero-order chi connectivity index (χ0) is 17.4. The molecule has 0 aliphatic heterocycles. The molecule has 24 heavy (non-hydrogen) atoms. The molecule has 0 saturated heterocycles. The van der Waals surface area contributed by atoms with Crippen LogP contribution >= 0.6 is 0 Å². The molecular weight excluding hydrogens is 310 g/mol. The van der Waals surface area contributed by atoms with E-state index in [1.807, 2.05) is 18.2 Å². The molecule has 8 nitrogen and oxygen atoms in total. The Labute approximate surface area is 141 Å². The molecule has 0 spiro atoms. The summed E-state index contributed by atoms with van der Waals surface area (Å²) in [7, 11) is 4.81. The van der Waals surface area contributed by atoms with E-state index in [-0.39, 0.29) is 6.04 Å². The molecule has 130 valence electrons. The van der Waals surface area contributed by atoms with E-state index in [4.69, 9.17) is 19.9 Å². The molecule has 2 rings (SSSR count). The molecule has 1 unspecified atom stereocenters. The van der Waals surface area contributed by atoms with Crippen molar-refractivity contribution in [3.63, 3.8) is 0 Å². The molecular formula is C16H23N5O3. The van der Waals surface area contributed by atoms with Crippen LogP contribution in [0.25, 0.3) is 0 Å². The largest absolute Gasteiger partial charge is 0.493 e. The summed E-state index contributed by atoms with van der Waals surface area (Å²) in [4.78, 5) is 8.57. The lowest BCUT2D eigenvalue weighted by atomic mass is 10.2. The minimum atomic E-state index is -0.124. The summed E-state index contributed by atoms with van der Waals surface area (Å²) in [6, 6.07) is 7.19. The Morgan fingerprint density at radius 3 is 2.62 bits per heavy atom. The Morgan fingerprint density at radius 1 is 1.12 bits per heavy atom. The highest BCUT2D eigenvalue weighted by Crippen LogP contribution is 2.30. The molecule has 1 heterocycles. The van der Waals surface area contributed by atoms with E-state index in [0.717, 1.165) is 5.69 Å². The fourth-order valence-corrected chi connectivity index (χ4v) is 2.07. The predicted octanol–water partition coefficient (Wildman–Crippen LogP) is 1.62. The van der Waals surface area contributed by atoms with Crippen molar-refractivity contribution in [1.29, 1.82) is 0 Å². The van der Waals surface area contributed by atoms with Gasteiger partial charge in [-0.25, -0.2) is 4.98 Å². The molecule has 0 amide bonds. The number of aromatic nitrogens is 2. The molecule has 1 aromatic carbocycles. The van der Waals surface area contributed by atoms with E-state index >= 15 is 0 Å². The van der Waals surface area contributed by atoms with Crippen molar-refractivity contribution in [2.45, 2.75) is 6.04 Å². The summed E-state index contributed by atoms with van der Waals surface area (Å²) < 4.78 is 15.5. The summed E-state index contributed by atoms with van der Waals surface area (Å²) in [5, 5.41) is 6.28. The van der Waals surface area contributed by atoms with E-state index in [1.54, 1.807) is 33.6 Å². The number of hydrogen-bond acceptors (Lipinski definition) is 8. The lowest BCUT2D eigenvalue weighted by Gasteiger charge is -2.13. The summed E-state index contributed by atoms with van der Waals surface area (Å²) in [5.74, 6) is 2.45. The predicted molar refractivity (Wildman–Crippen MR) is 93.2 cm³/mol. The number of methoxy groups -OCH3 is 3. The number of ether oxygens (including phenoxy) is 3. The van der Waals surface area contributed by atoms with Gasteiger partial charge in [0.05, 0.1) is 20.8 Å². The molecule has 0 fully saturated rings. The zero-order valence-electron chi connectivity index (χ0n) is 14.1. The van der Waals surface area contributed by atoms with Gasteiger partial charge in [-0.05, 0) is 18.2 Å². The van der Waals surface area contributed by atoms with E-state index in [0.29, 0.717) is 36.4 Å². The Hall–Kier alpha value is -2.58. The molecule has 0 aliphatic carbocycles. The molecule has 4 N–H and O–H groups in total. The fourth-order valence-electron chi connectivity index (χ4n) is 2.07. The van der Waals surface area contributed by atoms with Gasteiger partial charge in [-0.3, -0.25) is 0 Å². The molecule has 0 radical (unpaired) electrons.